The second-order valence-electron chi connectivity index (χ2n) is 4.59. The van der Waals surface area contributed by atoms with Crippen LogP contribution in [0.2, 0.25) is 5.02 Å². The summed E-state index contributed by atoms with van der Waals surface area (Å²) in [5.41, 5.74) is 0.989. The van der Waals surface area contributed by atoms with Gasteiger partial charge in [0, 0.05) is 5.56 Å². The van der Waals surface area contributed by atoms with Crippen LogP contribution in [-0.4, -0.2) is 6.10 Å². The van der Waals surface area contributed by atoms with Gasteiger partial charge in [-0.05, 0) is 31.7 Å². The van der Waals surface area contributed by atoms with E-state index in [2.05, 4.69) is 0 Å². The van der Waals surface area contributed by atoms with Crippen molar-refractivity contribution >= 4 is 23.2 Å². The van der Waals surface area contributed by atoms with Gasteiger partial charge in [-0.25, -0.2) is 0 Å². The predicted octanol–water partition coefficient (Wildman–Crippen LogP) is 5.18. The lowest BCUT2D eigenvalue weighted by Gasteiger charge is -2.19. The molecule has 17 heavy (non-hydrogen) atoms. The Bertz CT molecular complexity index is 357. The highest BCUT2D eigenvalue weighted by Gasteiger charge is 2.17. The number of para-hydroxylation sites is 1. The minimum Gasteiger partial charge on any atom is -0.489 e. The molecule has 0 amide bonds. The molecule has 0 atom stereocenters. The van der Waals surface area contributed by atoms with Crippen molar-refractivity contribution < 1.29 is 4.74 Å². The maximum absolute atomic E-state index is 6.18. The van der Waals surface area contributed by atoms with E-state index in [1.165, 1.54) is 25.7 Å². The monoisotopic (exact) mass is 272 g/mol. The summed E-state index contributed by atoms with van der Waals surface area (Å²) >= 11 is 12.1. The van der Waals surface area contributed by atoms with Crippen LogP contribution in [0.15, 0.2) is 18.2 Å². The Kier molecular flexibility index (Phi) is 4.99. The first-order valence-electron chi connectivity index (χ1n) is 6.31. The number of halogens is 2. The lowest BCUT2D eigenvalue weighted by Crippen LogP contribution is -2.16. The quantitative estimate of drug-likeness (QED) is 0.544. The average Bonchev–Trinajstić information content (AvgIpc) is 2.60. The predicted molar refractivity (Wildman–Crippen MR) is 73.1 cm³/mol. The summed E-state index contributed by atoms with van der Waals surface area (Å²) < 4.78 is 6.07. The van der Waals surface area contributed by atoms with Gasteiger partial charge in [0.1, 0.15) is 5.75 Å². The van der Waals surface area contributed by atoms with Crippen LogP contribution in [0.1, 0.15) is 44.1 Å². The number of rotatable bonds is 3. The van der Waals surface area contributed by atoms with E-state index in [1.807, 2.05) is 18.2 Å². The van der Waals surface area contributed by atoms with E-state index in [0.717, 1.165) is 24.2 Å². The highest BCUT2D eigenvalue weighted by atomic mass is 35.5. The van der Waals surface area contributed by atoms with E-state index in [9.17, 15) is 0 Å². The SMILES string of the molecule is ClCc1cccc(Cl)c1OC1CCCCCC1. The van der Waals surface area contributed by atoms with Gasteiger partial charge >= 0.3 is 0 Å². The van der Waals surface area contributed by atoms with Crippen LogP contribution in [0.25, 0.3) is 0 Å². The highest BCUT2D eigenvalue weighted by Crippen LogP contribution is 2.32. The van der Waals surface area contributed by atoms with E-state index >= 15 is 0 Å². The molecule has 0 spiro atoms. The summed E-state index contributed by atoms with van der Waals surface area (Å²) in [7, 11) is 0. The Morgan fingerprint density at radius 2 is 1.82 bits per heavy atom. The van der Waals surface area contributed by atoms with Crippen LogP contribution in [0.5, 0.6) is 5.75 Å². The number of hydrogen-bond acceptors (Lipinski definition) is 1. The number of hydrogen-bond donors (Lipinski definition) is 0. The average molecular weight is 273 g/mol. The number of alkyl halides is 1. The molecule has 1 aliphatic rings. The number of benzene rings is 1. The molecular weight excluding hydrogens is 255 g/mol. The molecular formula is C14H18Cl2O. The fourth-order valence-electron chi connectivity index (χ4n) is 2.32. The van der Waals surface area contributed by atoms with Gasteiger partial charge in [0.2, 0.25) is 0 Å². The normalized spacial score (nSPS) is 17.8. The second-order valence-corrected chi connectivity index (χ2v) is 5.27. The largest absolute Gasteiger partial charge is 0.489 e. The topological polar surface area (TPSA) is 9.23 Å². The van der Waals surface area contributed by atoms with Gasteiger partial charge < -0.3 is 4.74 Å². The summed E-state index contributed by atoms with van der Waals surface area (Å²) in [5.74, 6) is 1.24. The van der Waals surface area contributed by atoms with Gasteiger partial charge in [0.15, 0.2) is 0 Å². The zero-order valence-corrected chi connectivity index (χ0v) is 11.4. The van der Waals surface area contributed by atoms with Crippen molar-refractivity contribution in [2.45, 2.75) is 50.5 Å². The van der Waals surface area contributed by atoms with Gasteiger partial charge in [0.25, 0.3) is 0 Å². The third-order valence-electron chi connectivity index (χ3n) is 3.28. The molecule has 1 aliphatic carbocycles. The first-order valence-corrected chi connectivity index (χ1v) is 7.22. The molecule has 0 N–H and O–H groups in total. The third-order valence-corrected chi connectivity index (χ3v) is 3.86. The first kappa shape index (κ1) is 13.0. The third kappa shape index (κ3) is 3.53. The summed E-state index contributed by atoms with van der Waals surface area (Å²) in [6, 6.07) is 5.76. The van der Waals surface area contributed by atoms with Crippen molar-refractivity contribution in [2.24, 2.45) is 0 Å². The van der Waals surface area contributed by atoms with Crippen LogP contribution in [0, 0.1) is 0 Å². The first-order chi connectivity index (χ1) is 8.31. The smallest absolute Gasteiger partial charge is 0.142 e. The standard InChI is InChI=1S/C14H18Cl2O/c15-10-11-6-5-9-13(16)14(11)17-12-7-3-1-2-4-8-12/h5-6,9,12H,1-4,7-8,10H2. The molecule has 0 heterocycles. The molecule has 1 nitrogen and oxygen atoms in total. The zero-order chi connectivity index (χ0) is 12.1. The summed E-state index contributed by atoms with van der Waals surface area (Å²) in [4.78, 5) is 0. The Morgan fingerprint density at radius 1 is 1.12 bits per heavy atom. The van der Waals surface area contributed by atoms with Crippen molar-refractivity contribution in [1.29, 1.82) is 0 Å². The molecule has 2 rings (SSSR count). The highest BCUT2D eigenvalue weighted by molar-refractivity contribution is 6.32. The Balaban J connectivity index is 2.11. The molecule has 94 valence electrons. The van der Waals surface area contributed by atoms with Crippen LogP contribution in [-0.2, 0) is 5.88 Å². The molecule has 0 unspecified atom stereocenters. The van der Waals surface area contributed by atoms with E-state index in [4.69, 9.17) is 27.9 Å². The minimum absolute atomic E-state index is 0.305. The Labute approximate surface area is 113 Å². The molecule has 0 radical (unpaired) electrons. The molecule has 1 fully saturated rings. The van der Waals surface area contributed by atoms with Crippen LogP contribution in [0.3, 0.4) is 0 Å². The lowest BCUT2D eigenvalue weighted by molar-refractivity contribution is 0.182. The van der Waals surface area contributed by atoms with Crippen molar-refractivity contribution in [3.05, 3.63) is 28.8 Å². The van der Waals surface area contributed by atoms with E-state index in [1.54, 1.807) is 0 Å². The molecule has 0 bridgehead atoms. The molecule has 0 aliphatic heterocycles. The van der Waals surface area contributed by atoms with Crippen molar-refractivity contribution in [1.82, 2.24) is 0 Å². The molecule has 1 aromatic carbocycles. The summed E-state index contributed by atoms with van der Waals surface area (Å²) in [6.45, 7) is 0. The van der Waals surface area contributed by atoms with Crippen molar-refractivity contribution in [3.63, 3.8) is 0 Å². The van der Waals surface area contributed by atoms with Crippen LogP contribution < -0.4 is 4.74 Å². The maximum Gasteiger partial charge on any atom is 0.142 e. The van der Waals surface area contributed by atoms with E-state index in [-0.39, 0.29) is 0 Å². The van der Waals surface area contributed by atoms with Crippen molar-refractivity contribution in [2.75, 3.05) is 0 Å². The van der Waals surface area contributed by atoms with E-state index in [0.29, 0.717) is 17.0 Å². The van der Waals surface area contributed by atoms with E-state index < -0.39 is 0 Å². The van der Waals surface area contributed by atoms with Gasteiger partial charge in [-0.15, -0.1) is 11.6 Å². The Morgan fingerprint density at radius 3 is 2.47 bits per heavy atom. The lowest BCUT2D eigenvalue weighted by atomic mass is 10.1. The van der Waals surface area contributed by atoms with Crippen LogP contribution in [0.4, 0.5) is 0 Å². The Hall–Kier alpha value is -0.400. The fourth-order valence-corrected chi connectivity index (χ4v) is 2.77. The molecule has 0 saturated heterocycles. The molecule has 1 aromatic rings. The number of ether oxygens (including phenoxy) is 1. The maximum atomic E-state index is 6.18. The minimum atomic E-state index is 0.305. The van der Waals surface area contributed by atoms with Gasteiger partial charge in [-0.1, -0.05) is 36.6 Å². The molecule has 3 heteroatoms. The van der Waals surface area contributed by atoms with Gasteiger partial charge in [-0.2, -0.15) is 0 Å². The van der Waals surface area contributed by atoms with Crippen LogP contribution >= 0.6 is 23.2 Å². The van der Waals surface area contributed by atoms with Crippen molar-refractivity contribution in [3.8, 4) is 5.75 Å². The van der Waals surface area contributed by atoms with Gasteiger partial charge in [-0.3, -0.25) is 0 Å². The summed E-state index contributed by atoms with van der Waals surface area (Å²) in [6.07, 6.45) is 7.73. The van der Waals surface area contributed by atoms with Gasteiger partial charge in [0.05, 0.1) is 17.0 Å². The summed E-state index contributed by atoms with van der Waals surface area (Å²) in [5, 5.41) is 0.674. The molecule has 0 aromatic heterocycles. The molecule has 1 saturated carbocycles. The fraction of sp³-hybridized carbons (Fsp3) is 0.571. The second kappa shape index (κ2) is 6.51. The zero-order valence-electron chi connectivity index (χ0n) is 9.92.